The van der Waals surface area contributed by atoms with Crippen molar-refractivity contribution < 1.29 is 23.8 Å². The Morgan fingerprint density at radius 3 is 1.37 bits per heavy atom. The van der Waals surface area contributed by atoms with Crippen molar-refractivity contribution in [3.05, 3.63) is 0 Å². The van der Waals surface area contributed by atoms with Crippen LogP contribution >= 0.6 is 0 Å². The van der Waals surface area contributed by atoms with Gasteiger partial charge in [0.15, 0.2) is 12.2 Å². The number of hydrogen-bond donors (Lipinski definition) is 0. The maximum Gasteiger partial charge on any atom is 0.303 e. The van der Waals surface area contributed by atoms with Gasteiger partial charge in [-0.2, -0.15) is 0 Å². The highest BCUT2D eigenvalue weighted by Crippen LogP contribution is 2.34. The van der Waals surface area contributed by atoms with E-state index in [0.717, 1.165) is 0 Å². The Morgan fingerprint density at radius 1 is 0.842 bits per heavy atom. The normalized spacial score (nSPS) is 30.7. The quantitative estimate of drug-likeness (QED) is 0.732. The van der Waals surface area contributed by atoms with Gasteiger partial charge < -0.3 is 14.2 Å². The van der Waals surface area contributed by atoms with Crippen LogP contribution in [-0.4, -0.2) is 36.4 Å². The van der Waals surface area contributed by atoms with E-state index in [1.807, 2.05) is 27.7 Å². The second-order valence-corrected chi connectivity index (χ2v) is 5.70. The van der Waals surface area contributed by atoms with Crippen molar-refractivity contribution in [3.63, 3.8) is 0 Å². The lowest BCUT2D eigenvalue weighted by molar-refractivity contribution is -0.165. The van der Waals surface area contributed by atoms with E-state index in [4.69, 9.17) is 14.2 Å². The molecule has 1 aliphatic rings. The molecule has 1 aliphatic heterocycles. The smallest absolute Gasteiger partial charge is 0.303 e. The van der Waals surface area contributed by atoms with Crippen LogP contribution in [0.25, 0.3) is 0 Å². The monoisotopic (exact) mass is 272 g/mol. The fraction of sp³-hybridized carbons (Fsp3) is 0.857. The maximum absolute atomic E-state index is 11.3. The summed E-state index contributed by atoms with van der Waals surface area (Å²) in [7, 11) is 0. The van der Waals surface area contributed by atoms with Crippen LogP contribution < -0.4 is 0 Å². The van der Waals surface area contributed by atoms with Gasteiger partial charge in [-0.25, -0.2) is 0 Å². The average molecular weight is 272 g/mol. The second kappa shape index (κ2) is 6.37. The molecule has 0 amide bonds. The zero-order valence-electron chi connectivity index (χ0n) is 12.5. The highest BCUT2D eigenvalue weighted by atomic mass is 16.6. The van der Waals surface area contributed by atoms with Gasteiger partial charge in [-0.1, -0.05) is 27.7 Å². The number of esters is 2. The lowest BCUT2D eigenvalue weighted by Crippen LogP contribution is -2.42. The predicted molar refractivity (Wildman–Crippen MR) is 69.4 cm³/mol. The van der Waals surface area contributed by atoms with Crippen molar-refractivity contribution in [3.8, 4) is 0 Å². The highest BCUT2D eigenvalue weighted by molar-refractivity contribution is 5.67. The van der Waals surface area contributed by atoms with E-state index < -0.39 is 12.2 Å². The molecule has 0 unspecified atom stereocenters. The molecule has 5 nitrogen and oxygen atoms in total. The largest absolute Gasteiger partial charge is 0.456 e. The zero-order valence-corrected chi connectivity index (χ0v) is 12.5. The zero-order chi connectivity index (χ0) is 14.7. The first-order valence-electron chi connectivity index (χ1n) is 6.74. The number of ether oxygens (including phenoxy) is 3. The minimum atomic E-state index is -0.534. The van der Waals surface area contributed by atoms with Gasteiger partial charge in [0, 0.05) is 13.8 Å². The summed E-state index contributed by atoms with van der Waals surface area (Å²) in [6.07, 6.45) is -1.57. The van der Waals surface area contributed by atoms with E-state index in [0.29, 0.717) is 0 Å². The van der Waals surface area contributed by atoms with Crippen LogP contribution in [-0.2, 0) is 23.8 Å². The van der Waals surface area contributed by atoms with Gasteiger partial charge >= 0.3 is 11.9 Å². The van der Waals surface area contributed by atoms with Crippen LogP contribution in [0.5, 0.6) is 0 Å². The third-order valence-corrected chi connectivity index (χ3v) is 3.20. The van der Waals surface area contributed by atoms with Crippen LogP contribution in [0, 0.1) is 11.8 Å². The van der Waals surface area contributed by atoms with Gasteiger partial charge in [0.05, 0.1) is 0 Å². The van der Waals surface area contributed by atoms with Gasteiger partial charge in [0.1, 0.15) is 12.2 Å². The van der Waals surface area contributed by atoms with Crippen LogP contribution in [0.15, 0.2) is 0 Å². The molecule has 0 aromatic rings. The molecule has 0 aliphatic carbocycles. The van der Waals surface area contributed by atoms with Crippen molar-refractivity contribution in [2.75, 3.05) is 0 Å². The second-order valence-electron chi connectivity index (χ2n) is 5.70. The summed E-state index contributed by atoms with van der Waals surface area (Å²) < 4.78 is 16.6. The van der Waals surface area contributed by atoms with Crippen molar-refractivity contribution >= 4 is 11.9 Å². The molecule has 1 heterocycles. The molecule has 0 bridgehead atoms. The first kappa shape index (κ1) is 16.0. The average Bonchev–Trinajstić information content (AvgIpc) is 2.56. The number of carbonyl (C=O) groups is 2. The van der Waals surface area contributed by atoms with Crippen molar-refractivity contribution in [2.24, 2.45) is 11.8 Å². The van der Waals surface area contributed by atoms with Crippen LogP contribution in [0.1, 0.15) is 41.5 Å². The molecule has 0 saturated carbocycles. The Hall–Kier alpha value is -1.10. The van der Waals surface area contributed by atoms with Crippen LogP contribution in [0.4, 0.5) is 0 Å². The fourth-order valence-corrected chi connectivity index (χ4v) is 2.43. The summed E-state index contributed by atoms with van der Waals surface area (Å²) in [5, 5.41) is 0. The molecule has 110 valence electrons. The molecule has 0 aromatic carbocycles. The summed E-state index contributed by atoms with van der Waals surface area (Å²) >= 11 is 0. The number of rotatable bonds is 4. The summed E-state index contributed by atoms with van der Waals surface area (Å²) in [6, 6.07) is 0. The molecule has 1 saturated heterocycles. The van der Waals surface area contributed by atoms with Crippen molar-refractivity contribution in [1.29, 1.82) is 0 Å². The minimum Gasteiger partial charge on any atom is -0.456 e. The highest BCUT2D eigenvalue weighted by Gasteiger charge is 2.50. The lowest BCUT2D eigenvalue weighted by Gasteiger charge is -2.25. The molecule has 1 fully saturated rings. The third-order valence-electron chi connectivity index (χ3n) is 3.20. The van der Waals surface area contributed by atoms with Gasteiger partial charge in [0.25, 0.3) is 0 Å². The summed E-state index contributed by atoms with van der Waals surface area (Å²) in [5.41, 5.74) is 0. The number of carbonyl (C=O) groups excluding carboxylic acids is 2. The van der Waals surface area contributed by atoms with Gasteiger partial charge in [-0.05, 0) is 11.8 Å². The first-order valence-corrected chi connectivity index (χ1v) is 6.74. The van der Waals surface area contributed by atoms with Crippen LogP contribution in [0.2, 0.25) is 0 Å². The van der Waals surface area contributed by atoms with E-state index in [1.54, 1.807) is 0 Å². The minimum absolute atomic E-state index is 0.172. The van der Waals surface area contributed by atoms with Crippen molar-refractivity contribution in [2.45, 2.75) is 66.0 Å². The molecule has 1 rings (SSSR count). The van der Waals surface area contributed by atoms with Gasteiger partial charge in [-0.15, -0.1) is 0 Å². The van der Waals surface area contributed by atoms with Gasteiger partial charge in [-0.3, -0.25) is 9.59 Å². The molecular formula is C14H24O5. The Kier molecular flexibility index (Phi) is 5.35. The Labute approximate surface area is 114 Å². The van der Waals surface area contributed by atoms with Crippen molar-refractivity contribution in [1.82, 2.24) is 0 Å². The Bertz CT molecular complexity index is 305. The summed E-state index contributed by atoms with van der Waals surface area (Å²) in [6.45, 7) is 10.7. The topological polar surface area (TPSA) is 61.8 Å². The first-order chi connectivity index (χ1) is 8.73. The molecule has 0 spiro atoms. The predicted octanol–water partition coefficient (Wildman–Crippen LogP) is 1.93. The Balaban J connectivity index is 2.99. The molecule has 0 N–H and O–H groups in total. The fourth-order valence-electron chi connectivity index (χ4n) is 2.43. The van der Waals surface area contributed by atoms with Gasteiger partial charge in [0.2, 0.25) is 0 Å². The molecule has 5 heteroatoms. The van der Waals surface area contributed by atoms with E-state index in [9.17, 15) is 9.59 Å². The SMILES string of the molecule is CC(=O)O[C@@H]1[C@@H](OC(C)=O)[C@H](C(C)C)O[C@@H]1C(C)C. The van der Waals surface area contributed by atoms with E-state index in [-0.39, 0.29) is 36.0 Å². The standard InChI is InChI=1S/C14H24O5/c1-7(2)11-13(17-9(5)15)14(18-10(6)16)12(19-11)8(3)4/h7-8,11-14H,1-6H3/t11-,12+,13-,14-/m0/s1. The van der Waals surface area contributed by atoms with E-state index >= 15 is 0 Å². The molecule has 0 radical (unpaired) electrons. The Morgan fingerprint density at radius 2 is 1.16 bits per heavy atom. The summed E-state index contributed by atoms with van der Waals surface area (Å²) in [5.74, 6) is -0.432. The van der Waals surface area contributed by atoms with Crippen LogP contribution in [0.3, 0.4) is 0 Å². The maximum atomic E-state index is 11.3. The number of hydrogen-bond acceptors (Lipinski definition) is 5. The molecule has 19 heavy (non-hydrogen) atoms. The molecule has 0 aromatic heterocycles. The molecular weight excluding hydrogens is 248 g/mol. The van der Waals surface area contributed by atoms with E-state index in [1.165, 1.54) is 13.8 Å². The lowest BCUT2D eigenvalue weighted by atomic mass is 9.95. The molecule has 4 atom stereocenters. The summed E-state index contributed by atoms with van der Waals surface area (Å²) in [4.78, 5) is 22.5. The van der Waals surface area contributed by atoms with E-state index in [2.05, 4.69) is 0 Å². The third kappa shape index (κ3) is 3.93.